The standard InChI is InChI=1S/C23H25N5O/c1-24-23(25-15-18-9-11-21(12-10-18)28-13-5-6-14-28)26-16-20-17-29-22(27-20)19-7-3-2-4-8-19/h2-12,17H,13-16H2,1H3,(H2,24,25,26). The second-order valence-electron chi connectivity index (χ2n) is 6.83. The van der Waals surface area contributed by atoms with E-state index in [0.29, 0.717) is 19.0 Å². The van der Waals surface area contributed by atoms with Gasteiger partial charge in [-0.15, -0.1) is 0 Å². The minimum atomic E-state index is 0.539. The van der Waals surface area contributed by atoms with Crippen LogP contribution in [0.15, 0.2) is 82.4 Å². The van der Waals surface area contributed by atoms with Crippen LogP contribution in [0.25, 0.3) is 11.5 Å². The Labute approximate surface area is 171 Å². The first-order valence-electron chi connectivity index (χ1n) is 9.75. The fourth-order valence-corrected chi connectivity index (χ4v) is 3.20. The summed E-state index contributed by atoms with van der Waals surface area (Å²) in [6, 6.07) is 18.5. The van der Waals surface area contributed by atoms with Crippen molar-refractivity contribution in [1.29, 1.82) is 0 Å². The first-order valence-corrected chi connectivity index (χ1v) is 9.75. The van der Waals surface area contributed by atoms with Gasteiger partial charge < -0.3 is 20.0 Å². The highest BCUT2D eigenvalue weighted by molar-refractivity contribution is 5.79. The predicted molar refractivity (Wildman–Crippen MR) is 117 cm³/mol. The van der Waals surface area contributed by atoms with Crippen LogP contribution in [0.2, 0.25) is 0 Å². The van der Waals surface area contributed by atoms with E-state index in [0.717, 1.165) is 30.3 Å². The number of oxazole rings is 1. The predicted octanol–water partition coefficient (Wildman–Crippen LogP) is 3.58. The summed E-state index contributed by atoms with van der Waals surface area (Å²) in [6.45, 7) is 3.22. The molecule has 0 saturated carbocycles. The van der Waals surface area contributed by atoms with E-state index in [2.05, 4.69) is 61.9 Å². The van der Waals surface area contributed by atoms with Crippen molar-refractivity contribution in [3.63, 3.8) is 0 Å². The molecule has 1 aliphatic rings. The third-order valence-electron chi connectivity index (χ3n) is 4.81. The van der Waals surface area contributed by atoms with Gasteiger partial charge in [-0.3, -0.25) is 4.99 Å². The normalized spacial score (nSPS) is 13.7. The van der Waals surface area contributed by atoms with Gasteiger partial charge in [-0.25, -0.2) is 4.98 Å². The van der Waals surface area contributed by atoms with Crippen LogP contribution in [0.1, 0.15) is 11.3 Å². The van der Waals surface area contributed by atoms with Crippen LogP contribution in [0.4, 0.5) is 5.69 Å². The Hall–Kier alpha value is -3.54. The fourth-order valence-electron chi connectivity index (χ4n) is 3.20. The second-order valence-corrected chi connectivity index (χ2v) is 6.83. The Morgan fingerprint density at radius 2 is 1.72 bits per heavy atom. The SMILES string of the molecule is CN=C(NCc1ccc(N2CC=CC2)cc1)NCc1coc(-c2ccccc2)n1. The van der Waals surface area contributed by atoms with Crippen molar-refractivity contribution in [3.8, 4) is 11.5 Å². The van der Waals surface area contributed by atoms with E-state index in [-0.39, 0.29) is 0 Å². The average Bonchev–Trinajstić information content (AvgIpc) is 3.47. The number of benzene rings is 2. The third kappa shape index (κ3) is 4.85. The maximum absolute atomic E-state index is 5.58. The van der Waals surface area contributed by atoms with E-state index in [1.807, 2.05) is 30.3 Å². The van der Waals surface area contributed by atoms with Crippen LogP contribution < -0.4 is 15.5 Å². The highest BCUT2D eigenvalue weighted by Crippen LogP contribution is 2.18. The van der Waals surface area contributed by atoms with E-state index in [4.69, 9.17) is 4.42 Å². The summed E-state index contributed by atoms with van der Waals surface area (Å²) in [7, 11) is 1.76. The fraction of sp³-hybridized carbons (Fsp3) is 0.217. The number of hydrogen-bond donors (Lipinski definition) is 2. The first kappa shape index (κ1) is 18.8. The molecule has 0 fully saturated rings. The minimum Gasteiger partial charge on any atom is -0.444 e. The summed E-state index contributed by atoms with van der Waals surface area (Å²) in [4.78, 5) is 11.1. The zero-order valence-electron chi connectivity index (χ0n) is 16.5. The van der Waals surface area contributed by atoms with Gasteiger partial charge in [0.15, 0.2) is 5.96 Å². The Morgan fingerprint density at radius 1 is 1.00 bits per heavy atom. The van der Waals surface area contributed by atoms with Crippen LogP contribution in [0, 0.1) is 0 Å². The number of nitrogens with zero attached hydrogens (tertiary/aromatic N) is 3. The Bertz CT molecular complexity index is 968. The molecular weight excluding hydrogens is 362 g/mol. The smallest absolute Gasteiger partial charge is 0.226 e. The number of rotatable bonds is 6. The van der Waals surface area contributed by atoms with Gasteiger partial charge in [-0.05, 0) is 29.8 Å². The van der Waals surface area contributed by atoms with Crippen molar-refractivity contribution in [3.05, 3.63) is 84.3 Å². The van der Waals surface area contributed by atoms with Crippen LogP contribution in [0.5, 0.6) is 0 Å². The number of anilines is 1. The zero-order chi connectivity index (χ0) is 19.9. The van der Waals surface area contributed by atoms with Gasteiger partial charge in [0.25, 0.3) is 0 Å². The Kier molecular flexibility index (Phi) is 5.90. The number of aromatic nitrogens is 1. The summed E-state index contributed by atoms with van der Waals surface area (Å²) >= 11 is 0. The summed E-state index contributed by atoms with van der Waals surface area (Å²) in [5.41, 5.74) is 4.25. The topological polar surface area (TPSA) is 65.7 Å². The zero-order valence-corrected chi connectivity index (χ0v) is 16.5. The van der Waals surface area contributed by atoms with E-state index >= 15 is 0 Å². The largest absolute Gasteiger partial charge is 0.444 e. The summed E-state index contributed by atoms with van der Waals surface area (Å²) < 4.78 is 5.58. The lowest BCUT2D eigenvalue weighted by atomic mass is 10.2. The lowest BCUT2D eigenvalue weighted by molar-refractivity contribution is 0.572. The summed E-state index contributed by atoms with van der Waals surface area (Å²) in [5.74, 6) is 1.35. The summed E-state index contributed by atoms with van der Waals surface area (Å²) in [6.07, 6.45) is 6.07. The quantitative estimate of drug-likeness (QED) is 0.384. The highest BCUT2D eigenvalue weighted by atomic mass is 16.3. The molecule has 0 saturated heterocycles. The molecule has 2 heterocycles. The van der Waals surface area contributed by atoms with Crippen molar-refractivity contribution in [2.75, 3.05) is 25.0 Å². The maximum Gasteiger partial charge on any atom is 0.226 e. The molecule has 0 amide bonds. The average molecular weight is 387 g/mol. The number of guanidine groups is 1. The van der Waals surface area contributed by atoms with Gasteiger partial charge in [0.2, 0.25) is 5.89 Å². The van der Waals surface area contributed by atoms with Crippen LogP contribution in [-0.4, -0.2) is 31.1 Å². The second kappa shape index (κ2) is 9.10. The van der Waals surface area contributed by atoms with E-state index < -0.39 is 0 Å². The summed E-state index contributed by atoms with van der Waals surface area (Å²) in [5, 5.41) is 6.61. The molecule has 4 rings (SSSR count). The molecule has 0 aliphatic carbocycles. The number of hydrogen-bond acceptors (Lipinski definition) is 4. The van der Waals surface area contributed by atoms with Crippen LogP contribution in [0.3, 0.4) is 0 Å². The lowest BCUT2D eigenvalue weighted by Crippen LogP contribution is -2.36. The van der Waals surface area contributed by atoms with Gasteiger partial charge >= 0.3 is 0 Å². The lowest BCUT2D eigenvalue weighted by Gasteiger charge is -2.18. The first-order chi connectivity index (χ1) is 14.3. The monoisotopic (exact) mass is 387 g/mol. The molecular formula is C23H25N5O. The van der Waals surface area contributed by atoms with Crippen molar-refractivity contribution in [1.82, 2.24) is 15.6 Å². The van der Waals surface area contributed by atoms with E-state index in [1.165, 1.54) is 11.3 Å². The van der Waals surface area contributed by atoms with Crippen molar-refractivity contribution in [2.24, 2.45) is 4.99 Å². The van der Waals surface area contributed by atoms with Gasteiger partial charge in [0.1, 0.15) is 6.26 Å². The van der Waals surface area contributed by atoms with Crippen LogP contribution in [-0.2, 0) is 13.1 Å². The van der Waals surface area contributed by atoms with Crippen molar-refractivity contribution < 1.29 is 4.42 Å². The molecule has 0 unspecified atom stereocenters. The van der Waals surface area contributed by atoms with Gasteiger partial charge in [0.05, 0.1) is 12.2 Å². The van der Waals surface area contributed by atoms with Crippen LogP contribution >= 0.6 is 0 Å². The van der Waals surface area contributed by atoms with E-state index in [1.54, 1.807) is 13.3 Å². The molecule has 29 heavy (non-hydrogen) atoms. The van der Waals surface area contributed by atoms with Crippen molar-refractivity contribution in [2.45, 2.75) is 13.1 Å². The molecule has 6 nitrogen and oxygen atoms in total. The van der Waals surface area contributed by atoms with Gasteiger partial charge in [-0.1, -0.05) is 42.5 Å². The minimum absolute atomic E-state index is 0.539. The molecule has 0 atom stereocenters. The molecule has 2 aromatic carbocycles. The molecule has 0 bridgehead atoms. The maximum atomic E-state index is 5.58. The molecule has 2 N–H and O–H groups in total. The molecule has 1 aliphatic heterocycles. The molecule has 6 heteroatoms. The number of nitrogens with one attached hydrogen (secondary N) is 2. The van der Waals surface area contributed by atoms with Crippen molar-refractivity contribution >= 4 is 11.6 Å². The van der Waals surface area contributed by atoms with Gasteiger partial charge in [-0.2, -0.15) is 0 Å². The van der Waals surface area contributed by atoms with Gasteiger partial charge in [0, 0.05) is 37.9 Å². The molecule has 3 aromatic rings. The number of aliphatic imine (C=N–C) groups is 1. The molecule has 0 radical (unpaired) electrons. The molecule has 0 spiro atoms. The highest BCUT2D eigenvalue weighted by Gasteiger charge is 2.08. The molecule has 148 valence electrons. The molecule has 1 aromatic heterocycles. The Morgan fingerprint density at radius 3 is 2.45 bits per heavy atom. The third-order valence-corrected chi connectivity index (χ3v) is 4.81. The van der Waals surface area contributed by atoms with E-state index in [9.17, 15) is 0 Å². The Balaban J connectivity index is 1.27.